The number of carboxylic acid groups (broad SMARTS) is 1. The molecular formula is C13H22N2O3S. The third kappa shape index (κ3) is 2.89. The van der Waals surface area contributed by atoms with Gasteiger partial charge in [-0.1, -0.05) is 25.7 Å². The van der Waals surface area contributed by atoms with E-state index in [4.69, 9.17) is 5.73 Å². The van der Waals surface area contributed by atoms with Crippen molar-refractivity contribution in [1.82, 2.24) is 4.90 Å². The molecule has 1 saturated heterocycles. The molecule has 1 saturated carbocycles. The summed E-state index contributed by atoms with van der Waals surface area (Å²) in [6.07, 6.45) is 5.92. The first-order valence-corrected chi connectivity index (χ1v) is 8.08. The first kappa shape index (κ1) is 14.7. The van der Waals surface area contributed by atoms with E-state index in [1.165, 1.54) is 16.7 Å². The molecule has 3 N–H and O–H groups in total. The minimum Gasteiger partial charge on any atom is -0.480 e. The van der Waals surface area contributed by atoms with Crippen molar-refractivity contribution in [2.75, 3.05) is 18.2 Å². The smallest absolute Gasteiger partial charge is 0.327 e. The van der Waals surface area contributed by atoms with Gasteiger partial charge in [0.2, 0.25) is 5.91 Å². The summed E-state index contributed by atoms with van der Waals surface area (Å²) in [5.41, 5.74) is 5.38. The van der Waals surface area contributed by atoms with Crippen LogP contribution in [0, 0.1) is 5.41 Å². The first-order chi connectivity index (χ1) is 9.10. The highest BCUT2D eigenvalue weighted by atomic mass is 32.2. The fraction of sp³-hybridized carbons (Fsp3) is 0.846. The molecule has 0 bridgehead atoms. The molecule has 1 aliphatic carbocycles. The van der Waals surface area contributed by atoms with Crippen LogP contribution in [0.25, 0.3) is 0 Å². The van der Waals surface area contributed by atoms with Gasteiger partial charge in [-0.05, 0) is 12.8 Å². The summed E-state index contributed by atoms with van der Waals surface area (Å²) in [4.78, 5) is 25.5. The fourth-order valence-corrected chi connectivity index (χ4v) is 4.21. The zero-order valence-electron chi connectivity index (χ0n) is 11.1. The zero-order valence-corrected chi connectivity index (χ0v) is 12.0. The molecule has 1 aliphatic heterocycles. The lowest BCUT2D eigenvalue weighted by molar-refractivity contribution is -0.153. The van der Waals surface area contributed by atoms with Crippen LogP contribution < -0.4 is 5.73 Å². The third-order valence-corrected chi connectivity index (χ3v) is 5.35. The topological polar surface area (TPSA) is 83.6 Å². The maximum absolute atomic E-state index is 12.8. The third-order valence-electron chi connectivity index (χ3n) is 4.33. The SMILES string of the molecule is NCC1(C(=O)N2CSC[C@H]2C(=O)O)CCCCCC1. The van der Waals surface area contributed by atoms with E-state index in [0.29, 0.717) is 18.2 Å². The average molecular weight is 286 g/mol. The largest absolute Gasteiger partial charge is 0.480 e. The summed E-state index contributed by atoms with van der Waals surface area (Å²) in [6.45, 7) is 0.333. The molecule has 0 unspecified atom stereocenters. The van der Waals surface area contributed by atoms with Gasteiger partial charge >= 0.3 is 5.97 Å². The number of nitrogens with two attached hydrogens (primary N) is 1. The number of nitrogens with zero attached hydrogens (tertiary/aromatic N) is 1. The molecule has 0 radical (unpaired) electrons. The van der Waals surface area contributed by atoms with Crippen molar-refractivity contribution in [1.29, 1.82) is 0 Å². The van der Waals surface area contributed by atoms with Crippen LogP contribution in [0.1, 0.15) is 38.5 Å². The number of thioether (sulfide) groups is 1. The second-order valence-corrected chi connectivity index (χ2v) is 6.53. The van der Waals surface area contributed by atoms with Gasteiger partial charge in [0.1, 0.15) is 6.04 Å². The van der Waals surface area contributed by atoms with E-state index in [-0.39, 0.29) is 5.91 Å². The maximum Gasteiger partial charge on any atom is 0.327 e. The number of hydrogen-bond donors (Lipinski definition) is 2. The number of rotatable bonds is 3. The van der Waals surface area contributed by atoms with Gasteiger partial charge in [0.25, 0.3) is 0 Å². The van der Waals surface area contributed by atoms with E-state index in [1.54, 1.807) is 0 Å². The van der Waals surface area contributed by atoms with Gasteiger partial charge in [0.05, 0.1) is 11.3 Å². The van der Waals surface area contributed by atoms with E-state index in [0.717, 1.165) is 38.5 Å². The monoisotopic (exact) mass is 286 g/mol. The summed E-state index contributed by atoms with van der Waals surface area (Å²) in [7, 11) is 0. The van der Waals surface area contributed by atoms with Gasteiger partial charge in [0.15, 0.2) is 0 Å². The normalized spacial score (nSPS) is 27.0. The Labute approximate surface area is 117 Å². The molecule has 1 atom stereocenters. The zero-order chi connectivity index (χ0) is 13.9. The number of carbonyl (C=O) groups excluding carboxylic acids is 1. The lowest BCUT2D eigenvalue weighted by atomic mass is 9.79. The van der Waals surface area contributed by atoms with Gasteiger partial charge in [-0.25, -0.2) is 4.79 Å². The van der Waals surface area contributed by atoms with Crippen molar-refractivity contribution in [2.24, 2.45) is 11.1 Å². The predicted molar refractivity (Wildman–Crippen MR) is 74.8 cm³/mol. The van der Waals surface area contributed by atoms with Crippen molar-refractivity contribution >= 4 is 23.6 Å². The molecule has 0 aromatic heterocycles. The molecule has 0 spiro atoms. The van der Waals surface area contributed by atoms with Crippen LogP contribution in [0.4, 0.5) is 0 Å². The van der Waals surface area contributed by atoms with E-state index in [9.17, 15) is 14.7 Å². The van der Waals surface area contributed by atoms with Gasteiger partial charge in [-0.3, -0.25) is 4.79 Å². The van der Waals surface area contributed by atoms with Crippen LogP contribution in [-0.4, -0.2) is 46.1 Å². The van der Waals surface area contributed by atoms with Crippen LogP contribution in [0.3, 0.4) is 0 Å². The minimum absolute atomic E-state index is 0.0331. The molecule has 19 heavy (non-hydrogen) atoms. The van der Waals surface area contributed by atoms with Gasteiger partial charge in [0, 0.05) is 12.3 Å². The number of carbonyl (C=O) groups is 2. The van der Waals surface area contributed by atoms with Gasteiger partial charge in [-0.15, -0.1) is 11.8 Å². The van der Waals surface area contributed by atoms with Crippen molar-refractivity contribution < 1.29 is 14.7 Å². The Hall–Kier alpha value is -0.750. The van der Waals surface area contributed by atoms with Crippen LogP contribution in [0.15, 0.2) is 0 Å². The molecule has 2 rings (SSSR count). The van der Waals surface area contributed by atoms with Crippen molar-refractivity contribution in [2.45, 2.75) is 44.6 Å². The highest BCUT2D eigenvalue weighted by Crippen LogP contribution is 2.38. The summed E-state index contributed by atoms with van der Waals surface area (Å²) < 4.78 is 0. The molecule has 0 aromatic rings. The Balaban J connectivity index is 2.17. The van der Waals surface area contributed by atoms with Crippen LogP contribution in [0.2, 0.25) is 0 Å². The number of hydrogen-bond acceptors (Lipinski definition) is 4. The van der Waals surface area contributed by atoms with Gasteiger partial charge in [-0.2, -0.15) is 0 Å². The second-order valence-electron chi connectivity index (χ2n) is 5.53. The van der Waals surface area contributed by atoms with Crippen LogP contribution in [-0.2, 0) is 9.59 Å². The summed E-state index contributed by atoms with van der Waals surface area (Å²) in [6, 6.07) is -0.677. The minimum atomic E-state index is -0.904. The molecule has 0 aromatic carbocycles. The Kier molecular flexibility index (Phi) is 4.73. The standard InChI is InChI=1S/C13H22N2O3S/c14-8-13(5-3-1-2-4-6-13)12(18)15-9-19-7-10(15)11(16)17/h10H,1-9,14H2,(H,16,17)/t10-/m0/s1. The second kappa shape index (κ2) is 6.13. The predicted octanol–water partition coefficient (Wildman–Crippen LogP) is 1.27. The number of carboxylic acids is 1. The van der Waals surface area contributed by atoms with E-state index in [1.807, 2.05) is 0 Å². The van der Waals surface area contributed by atoms with Crippen molar-refractivity contribution in [3.63, 3.8) is 0 Å². The Morgan fingerprint density at radius 1 is 1.26 bits per heavy atom. The molecular weight excluding hydrogens is 264 g/mol. The number of aliphatic carboxylic acids is 1. The quantitative estimate of drug-likeness (QED) is 0.763. The Bertz CT molecular complexity index is 354. The lowest BCUT2D eigenvalue weighted by Crippen LogP contribution is -2.52. The van der Waals surface area contributed by atoms with E-state index in [2.05, 4.69) is 0 Å². The Morgan fingerprint density at radius 2 is 1.89 bits per heavy atom. The van der Waals surface area contributed by atoms with Crippen molar-refractivity contribution in [3.8, 4) is 0 Å². The highest BCUT2D eigenvalue weighted by Gasteiger charge is 2.45. The maximum atomic E-state index is 12.8. The molecule has 2 aliphatic rings. The molecule has 5 nitrogen and oxygen atoms in total. The van der Waals surface area contributed by atoms with Crippen molar-refractivity contribution in [3.05, 3.63) is 0 Å². The molecule has 2 fully saturated rings. The fourth-order valence-electron chi connectivity index (χ4n) is 3.06. The molecule has 1 heterocycles. The molecule has 108 valence electrons. The molecule has 1 amide bonds. The summed E-state index contributed by atoms with van der Waals surface area (Å²) in [5.74, 6) is 0.0349. The van der Waals surface area contributed by atoms with E-state index < -0.39 is 17.4 Å². The first-order valence-electron chi connectivity index (χ1n) is 6.92. The van der Waals surface area contributed by atoms with E-state index >= 15 is 0 Å². The van der Waals surface area contributed by atoms with Gasteiger partial charge < -0.3 is 15.7 Å². The lowest BCUT2D eigenvalue weighted by Gasteiger charge is -2.35. The average Bonchev–Trinajstić information content (AvgIpc) is 2.76. The van der Waals surface area contributed by atoms with Crippen LogP contribution in [0.5, 0.6) is 0 Å². The number of amides is 1. The molecule has 6 heteroatoms. The van der Waals surface area contributed by atoms with Crippen LogP contribution >= 0.6 is 11.8 Å². The summed E-state index contributed by atoms with van der Waals surface area (Å²) >= 11 is 1.51. The Morgan fingerprint density at radius 3 is 2.42 bits per heavy atom. The highest BCUT2D eigenvalue weighted by molar-refractivity contribution is 7.99. The summed E-state index contributed by atoms with van der Waals surface area (Å²) in [5, 5.41) is 9.20.